The number of halogens is 2. The van der Waals surface area contributed by atoms with Gasteiger partial charge in [-0.25, -0.2) is 9.59 Å². The van der Waals surface area contributed by atoms with Gasteiger partial charge in [-0.1, -0.05) is 11.6 Å². The third kappa shape index (κ3) is 1.97. The standard InChI is InChI=1S/C8H3Cl2NO2/c9-6-2-1-5(3-12)7(10)8(6)11-4-13/h1-2,7H. The molecule has 0 fully saturated rings. The number of rotatable bonds is 1. The average Bonchev–Trinajstić information content (AvgIpc) is 2.12. The summed E-state index contributed by atoms with van der Waals surface area (Å²) < 4.78 is 0. The first-order valence-corrected chi connectivity index (χ1v) is 4.07. The van der Waals surface area contributed by atoms with Crippen LogP contribution in [0.3, 0.4) is 0 Å². The highest BCUT2D eigenvalue weighted by atomic mass is 35.5. The molecule has 3 nitrogen and oxygen atoms in total. The summed E-state index contributed by atoms with van der Waals surface area (Å²) in [5.74, 6) is 1.63. The molecular formula is C8H3Cl2NO2. The third-order valence-corrected chi connectivity index (χ3v) is 2.21. The van der Waals surface area contributed by atoms with Gasteiger partial charge in [0.25, 0.3) is 0 Å². The molecular weight excluding hydrogens is 213 g/mol. The van der Waals surface area contributed by atoms with Gasteiger partial charge in [0.05, 0.1) is 16.3 Å². The maximum atomic E-state index is 10.3. The predicted molar refractivity (Wildman–Crippen MR) is 49.0 cm³/mol. The predicted octanol–water partition coefficient (Wildman–Crippen LogP) is 1.71. The zero-order valence-corrected chi connectivity index (χ0v) is 7.76. The number of hydrogen-bond acceptors (Lipinski definition) is 3. The summed E-state index contributed by atoms with van der Waals surface area (Å²) in [4.78, 5) is 23.6. The molecule has 1 atom stereocenters. The molecule has 1 aliphatic rings. The molecule has 0 aromatic heterocycles. The molecule has 66 valence electrons. The van der Waals surface area contributed by atoms with E-state index in [4.69, 9.17) is 23.2 Å². The molecule has 0 saturated heterocycles. The van der Waals surface area contributed by atoms with Gasteiger partial charge in [-0.15, -0.1) is 11.6 Å². The Bertz CT molecular complexity index is 385. The van der Waals surface area contributed by atoms with Crippen LogP contribution < -0.4 is 0 Å². The minimum atomic E-state index is -0.823. The van der Waals surface area contributed by atoms with Crippen molar-refractivity contribution < 1.29 is 9.59 Å². The fourth-order valence-corrected chi connectivity index (χ4v) is 1.40. The molecule has 0 saturated carbocycles. The van der Waals surface area contributed by atoms with Crippen LogP contribution >= 0.6 is 23.2 Å². The smallest absolute Gasteiger partial charge is 0.233 e. The zero-order valence-electron chi connectivity index (χ0n) is 6.25. The van der Waals surface area contributed by atoms with Gasteiger partial charge in [-0.05, 0) is 12.2 Å². The lowest BCUT2D eigenvalue weighted by molar-refractivity contribution is 0.563. The van der Waals surface area contributed by atoms with E-state index in [0.29, 0.717) is 0 Å². The van der Waals surface area contributed by atoms with Crippen molar-refractivity contribution in [2.24, 2.45) is 4.99 Å². The summed E-state index contributed by atoms with van der Waals surface area (Å²) in [5, 5.41) is -0.598. The molecule has 0 spiro atoms. The van der Waals surface area contributed by atoms with E-state index in [0.717, 1.165) is 0 Å². The summed E-state index contributed by atoms with van der Waals surface area (Å²) in [5.41, 5.74) is 0.319. The second-order valence-electron chi connectivity index (χ2n) is 2.19. The highest BCUT2D eigenvalue weighted by Crippen LogP contribution is 2.29. The second-order valence-corrected chi connectivity index (χ2v) is 3.03. The summed E-state index contributed by atoms with van der Waals surface area (Å²) in [6, 6.07) is 0. The average molecular weight is 216 g/mol. The Morgan fingerprint density at radius 1 is 1.38 bits per heavy atom. The van der Waals surface area contributed by atoms with Crippen molar-refractivity contribution in [3.05, 3.63) is 28.5 Å². The normalized spacial score (nSPS) is 21.1. The fraction of sp³-hybridized carbons (Fsp3) is 0.125. The minimum absolute atomic E-state index is 0.124. The number of isocyanates is 1. The second kappa shape index (κ2) is 4.22. The van der Waals surface area contributed by atoms with E-state index >= 15 is 0 Å². The van der Waals surface area contributed by atoms with Crippen LogP contribution in [-0.4, -0.2) is 17.4 Å². The van der Waals surface area contributed by atoms with E-state index in [1.165, 1.54) is 18.2 Å². The molecule has 1 unspecified atom stereocenters. The quantitative estimate of drug-likeness (QED) is 0.290. The van der Waals surface area contributed by atoms with Crippen molar-refractivity contribution in [2.45, 2.75) is 5.38 Å². The molecule has 0 heterocycles. The molecule has 0 radical (unpaired) electrons. The maximum Gasteiger partial charge on any atom is 0.240 e. The summed E-state index contributed by atoms with van der Waals surface area (Å²) in [6.07, 6.45) is 4.17. The highest BCUT2D eigenvalue weighted by molar-refractivity contribution is 6.34. The summed E-state index contributed by atoms with van der Waals surface area (Å²) in [7, 11) is 0. The van der Waals surface area contributed by atoms with Crippen LogP contribution in [0.5, 0.6) is 0 Å². The van der Waals surface area contributed by atoms with Gasteiger partial charge in [-0.2, -0.15) is 4.99 Å². The lowest BCUT2D eigenvalue weighted by Crippen LogP contribution is -2.09. The van der Waals surface area contributed by atoms with E-state index in [1.807, 2.05) is 0 Å². The molecule has 1 rings (SSSR count). The van der Waals surface area contributed by atoms with Gasteiger partial charge >= 0.3 is 0 Å². The number of allylic oxidation sites excluding steroid dienone is 4. The highest BCUT2D eigenvalue weighted by Gasteiger charge is 2.21. The topological polar surface area (TPSA) is 46.5 Å². The van der Waals surface area contributed by atoms with E-state index in [1.54, 1.807) is 5.94 Å². The van der Waals surface area contributed by atoms with Crippen molar-refractivity contribution in [1.29, 1.82) is 0 Å². The van der Waals surface area contributed by atoms with Crippen LogP contribution in [0.2, 0.25) is 0 Å². The summed E-state index contributed by atoms with van der Waals surface area (Å²) in [6.45, 7) is 0. The molecule has 0 aromatic carbocycles. The molecule has 0 N–H and O–H groups in total. The molecule has 0 aliphatic heterocycles. The lowest BCUT2D eigenvalue weighted by atomic mass is 10.1. The number of carbonyl (C=O) groups excluding carboxylic acids is 2. The van der Waals surface area contributed by atoms with Crippen LogP contribution in [0, 0.1) is 0 Å². The summed E-state index contributed by atoms with van der Waals surface area (Å²) >= 11 is 11.4. The Balaban J connectivity index is 3.22. The first kappa shape index (κ1) is 9.97. The molecule has 5 heteroatoms. The van der Waals surface area contributed by atoms with Crippen molar-refractivity contribution in [2.75, 3.05) is 0 Å². The number of hydrogen-bond donors (Lipinski definition) is 0. The Morgan fingerprint density at radius 3 is 2.62 bits per heavy atom. The number of nitrogens with zero attached hydrogens (tertiary/aromatic N) is 1. The van der Waals surface area contributed by atoms with Gasteiger partial charge in [0, 0.05) is 0 Å². The van der Waals surface area contributed by atoms with Crippen LogP contribution in [0.4, 0.5) is 0 Å². The lowest BCUT2D eigenvalue weighted by Gasteiger charge is -2.12. The third-order valence-electron chi connectivity index (χ3n) is 1.45. The van der Waals surface area contributed by atoms with E-state index < -0.39 is 5.38 Å². The fourth-order valence-electron chi connectivity index (χ4n) is 0.846. The van der Waals surface area contributed by atoms with Crippen LogP contribution in [0.1, 0.15) is 0 Å². The molecule has 1 aliphatic carbocycles. The Labute approximate surface area is 84.0 Å². The minimum Gasteiger partial charge on any atom is -0.233 e. The zero-order chi connectivity index (χ0) is 9.84. The van der Waals surface area contributed by atoms with Gasteiger partial charge in [0.15, 0.2) is 0 Å². The number of alkyl halides is 1. The van der Waals surface area contributed by atoms with Gasteiger partial charge in [0.2, 0.25) is 6.08 Å². The molecule has 0 aromatic rings. The van der Waals surface area contributed by atoms with Crippen molar-refractivity contribution in [3.63, 3.8) is 0 Å². The van der Waals surface area contributed by atoms with Crippen LogP contribution in [-0.2, 0) is 9.59 Å². The Kier molecular flexibility index (Phi) is 3.24. The van der Waals surface area contributed by atoms with E-state index in [-0.39, 0.29) is 16.3 Å². The van der Waals surface area contributed by atoms with Crippen LogP contribution in [0.25, 0.3) is 0 Å². The van der Waals surface area contributed by atoms with E-state index in [9.17, 15) is 9.59 Å². The van der Waals surface area contributed by atoms with Crippen molar-refractivity contribution in [1.82, 2.24) is 0 Å². The van der Waals surface area contributed by atoms with Gasteiger partial charge < -0.3 is 0 Å². The molecule has 0 amide bonds. The Hall–Kier alpha value is -1.11. The monoisotopic (exact) mass is 215 g/mol. The van der Waals surface area contributed by atoms with Gasteiger partial charge in [-0.3, -0.25) is 0 Å². The van der Waals surface area contributed by atoms with Gasteiger partial charge in [0.1, 0.15) is 11.3 Å². The van der Waals surface area contributed by atoms with Crippen molar-refractivity contribution in [3.8, 4) is 0 Å². The first-order valence-electron chi connectivity index (χ1n) is 3.25. The van der Waals surface area contributed by atoms with Crippen LogP contribution in [0.15, 0.2) is 33.4 Å². The first-order chi connectivity index (χ1) is 6.20. The SMILES string of the molecule is O=C=NC1=C(Cl)C=CC(=C=O)C1Cl. The molecule has 13 heavy (non-hydrogen) atoms. The number of aliphatic imine (C=N–C) groups is 1. The maximum absolute atomic E-state index is 10.3. The van der Waals surface area contributed by atoms with Crippen molar-refractivity contribution >= 4 is 35.2 Å². The largest absolute Gasteiger partial charge is 0.240 e. The Morgan fingerprint density at radius 2 is 2.08 bits per heavy atom. The molecule has 0 bridgehead atoms. The van der Waals surface area contributed by atoms with E-state index in [2.05, 4.69) is 4.99 Å².